The molecular formula is C28H26N2O6. The molecule has 4 rings (SSSR count). The van der Waals surface area contributed by atoms with Crippen molar-refractivity contribution in [3.63, 3.8) is 0 Å². The minimum absolute atomic E-state index is 0.000594. The average molecular weight is 487 g/mol. The summed E-state index contributed by atoms with van der Waals surface area (Å²) in [6.45, 7) is 3.72. The molecule has 0 aliphatic heterocycles. The molecule has 0 radical (unpaired) electrons. The number of unbranched alkanes of at least 4 members (excludes halogenated alkanes) is 1. The highest BCUT2D eigenvalue weighted by Crippen LogP contribution is 2.28. The van der Waals surface area contributed by atoms with Gasteiger partial charge in [-0.05, 0) is 48.6 Å². The van der Waals surface area contributed by atoms with E-state index in [0.29, 0.717) is 40.2 Å². The summed E-state index contributed by atoms with van der Waals surface area (Å²) in [5, 5.41) is 19.0. The summed E-state index contributed by atoms with van der Waals surface area (Å²) in [6.07, 6.45) is 3.70. The van der Waals surface area contributed by atoms with Gasteiger partial charge in [-0.15, -0.1) is 0 Å². The number of hydrogen-bond acceptors (Lipinski definition) is 5. The zero-order valence-corrected chi connectivity index (χ0v) is 20.0. The van der Waals surface area contributed by atoms with Crippen molar-refractivity contribution in [3.05, 3.63) is 99.6 Å². The maximum absolute atomic E-state index is 13.7. The third-order valence-corrected chi connectivity index (χ3v) is 6.12. The predicted molar refractivity (Wildman–Crippen MR) is 134 cm³/mol. The molecule has 8 nitrogen and oxygen atoms in total. The number of nitrogens with zero attached hydrogens (tertiary/aromatic N) is 2. The molecule has 0 fully saturated rings. The number of carboxylic acid groups (broad SMARTS) is 2. The molecule has 0 atom stereocenters. The molecule has 0 aliphatic rings. The largest absolute Gasteiger partial charge is 0.478 e. The van der Waals surface area contributed by atoms with Crippen LogP contribution < -0.4 is 5.56 Å². The van der Waals surface area contributed by atoms with E-state index in [2.05, 4.69) is 6.92 Å². The van der Waals surface area contributed by atoms with E-state index in [4.69, 9.17) is 9.40 Å². The number of rotatable bonds is 9. The Morgan fingerprint density at radius 2 is 1.61 bits per heavy atom. The van der Waals surface area contributed by atoms with Crippen LogP contribution in [0.5, 0.6) is 0 Å². The molecule has 0 saturated carbocycles. The van der Waals surface area contributed by atoms with E-state index in [1.54, 1.807) is 55.5 Å². The van der Waals surface area contributed by atoms with Crippen LogP contribution in [0.25, 0.3) is 22.3 Å². The lowest BCUT2D eigenvalue weighted by Crippen LogP contribution is -2.28. The summed E-state index contributed by atoms with van der Waals surface area (Å²) in [5.41, 5.74) is 2.97. The minimum Gasteiger partial charge on any atom is -0.478 e. The van der Waals surface area contributed by atoms with Crippen LogP contribution in [0.2, 0.25) is 0 Å². The Balaban J connectivity index is 1.81. The topological polar surface area (TPSA) is 123 Å². The number of carboxylic acids is 2. The summed E-state index contributed by atoms with van der Waals surface area (Å²) < 4.78 is 6.78. The van der Waals surface area contributed by atoms with E-state index >= 15 is 0 Å². The van der Waals surface area contributed by atoms with Crippen molar-refractivity contribution >= 4 is 11.9 Å². The van der Waals surface area contributed by atoms with Crippen LogP contribution in [0.4, 0.5) is 0 Å². The van der Waals surface area contributed by atoms with Crippen LogP contribution in [0.3, 0.4) is 0 Å². The third kappa shape index (κ3) is 4.84. The normalized spacial score (nSPS) is 10.9. The lowest BCUT2D eigenvalue weighted by Gasteiger charge is -2.16. The highest BCUT2D eigenvalue weighted by molar-refractivity contribution is 5.96. The van der Waals surface area contributed by atoms with Crippen LogP contribution in [0.1, 0.15) is 57.8 Å². The molecule has 184 valence electrons. The quantitative estimate of drug-likeness (QED) is 0.330. The molecule has 2 aromatic heterocycles. The fraction of sp³-hybridized carbons (Fsp3) is 0.214. The summed E-state index contributed by atoms with van der Waals surface area (Å²) in [4.78, 5) is 41.6. The number of aryl methyl sites for hydroxylation is 2. The van der Waals surface area contributed by atoms with Crippen LogP contribution in [-0.4, -0.2) is 31.7 Å². The van der Waals surface area contributed by atoms with Gasteiger partial charge in [0.25, 0.3) is 5.56 Å². The monoisotopic (exact) mass is 486 g/mol. The summed E-state index contributed by atoms with van der Waals surface area (Å²) in [5.74, 6) is -1.51. The van der Waals surface area contributed by atoms with Crippen LogP contribution >= 0.6 is 0 Å². The highest BCUT2D eigenvalue weighted by Gasteiger charge is 2.20. The zero-order valence-electron chi connectivity index (χ0n) is 20.0. The van der Waals surface area contributed by atoms with Crippen molar-refractivity contribution in [1.82, 2.24) is 9.55 Å². The molecule has 0 aliphatic carbocycles. The SMILES string of the molecule is CCCCc1nc(C)n(Cc2occc2C(=O)O)c(=O)c1-c1ccc(-c2ccccc2C(=O)O)cc1. The van der Waals surface area contributed by atoms with Gasteiger partial charge in [0.05, 0.1) is 29.6 Å². The first kappa shape index (κ1) is 24.7. The van der Waals surface area contributed by atoms with E-state index < -0.39 is 11.9 Å². The van der Waals surface area contributed by atoms with Crippen LogP contribution in [-0.2, 0) is 13.0 Å². The second kappa shape index (κ2) is 10.4. The molecule has 2 heterocycles. The molecule has 2 N–H and O–H groups in total. The van der Waals surface area contributed by atoms with Gasteiger partial charge in [-0.3, -0.25) is 9.36 Å². The van der Waals surface area contributed by atoms with E-state index in [-0.39, 0.29) is 29.0 Å². The number of hydrogen-bond donors (Lipinski definition) is 2. The molecule has 0 amide bonds. The Labute approximate surface area is 207 Å². The molecule has 0 bridgehead atoms. The van der Waals surface area contributed by atoms with E-state index in [0.717, 1.165) is 12.8 Å². The van der Waals surface area contributed by atoms with Gasteiger partial charge in [-0.25, -0.2) is 14.6 Å². The molecule has 8 heteroatoms. The number of carbonyl (C=O) groups is 2. The summed E-state index contributed by atoms with van der Waals surface area (Å²) in [6, 6.07) is 15.3. The molecule has 0 saturated heterocycles. The van der Waals surface area contributed by atoms with Crippen molar-refractivity contribution in [1.29, 1.82) is 0 Å². The smallest absolute Gasteiger partial charge is 0.339 e. The van der Waals surface area contributed by atoms with Crippen molar-refractivity contribution in [3.8, 4) is 22.3 Å². The molecule has 0 spiro atoms. The first-order valence-corrected chi connectivity index (χ1v) is 11.6. The van der Waals surface area contributed by atoms with Crippen LogP contribution in [0.15, 0.2) is 70.1 Å². The highest BCUT2D eigenvalue weighted by atomic mass is 16.4. The summed E-state index contributed by atoms with van der Waals surface area (Å²) >= 11 is 0. The first-order chi connectivity index (χ1) is 17.3. The van der Waals surface area contributed by atoms with Crippen LogP contribution in [0, 0.1) is 6.92 Å². The number of furan rings is 1. The lowest BCUT2D eigenvalue weighted by molar-refractivity contribution is 0.0685. The van der Waals surface area contributed by atoms with Crippen molar-refractivity contribution in [2.75, 3.05) is 0 Å². The van der Waals surface area contributed by atoms with E-state index in [1.165, 1.54) is 16.9 Å². The Bertz CT molecular complexity index is 1480. The standard InChI is InChI=1S/C28H26N2O6/c1-3-4-9-23-25(19-12-10-18(11-13-19)20-7-5-6-8-21(20)27(32)33)26(31)30(17(2)29-23)16-24-22(28(34)35)14-15-36-24/h5-8,10-15H,3-4,9,16H2,1-2H3,(H,32,33)(H,34,35). The van der Waals surface area contributed by atoms with Gasteiger partial charge in [-0.1, -0.05) is 55.8 Å². The van der Waals surface area contributed by atoms with E-state index in [1.807, 2.05) is 0 Å². The average Bonchev–Trinajstić information content (AvgIpc) is 3.34. The maximum atomic E-state index is 13.7. The van der Waals surface area contributed by atoms with Crippen molar-refractivity contribution < 1.29 is 24.2 Å². The number of aromatic carboxylic acids is 2. The van der Waals surface area contributed by atoms with Crippen molar-refractivity contribution in [2.45, 2.75) is 39.7 Å². The second-order valence-corrected chi connectivity index (χ2v) is 8.47. The molecule has 2 aromatic carbocycles. The maximum Gasteiger partial charge on any atom is 0.339 e. The van der Waals surface area contributed by atoms with E-state index in [9.17, 15) is 24.6 Å². The summed E-state index contributed by atoms with van der Waals surface area (Å²) in [7, 11) is 0. The number of benzene rings is 2. The lowest BCUT2D eigenvalue weighted by atomic mass is 9.96. The molecule has 36 heavy (non-hydrogen) atoms. The van der Waals surface area contributed by atoms with Crippen molar-refractivity contribution in [2.24, 2.45) is 0 Å². The van der Waals surface area contributed by atoms with Gasteiger partial charge in [-0.2, -0.15) is 0 Å². The Morgan fingerprint density at radius 3 is 2.28 bits per heavy atom. The zero-order chi connectivity index (χ0) is 25.8. The Kier molecular flexibility index (Phi) is 7.15. The Hall–Kier alpha value is -4.46. The molecule has 4 aromatic rings. The fourth-order valence-electron chi connectivity index (χ4n) is 4.25. The minimum atomic E-state index is -1.13. The van der Waals surface area contributed by atoms with Gasteiger partial charge in [0.2, 0.25) is 0 Å². The fourth-order valence-corrected chi connectivity index (χ4v) is 4.25. The Morgan fingerprint density at radius 1 is 0.944 bits per heavy atom. The second-order valence-electron chi connectivity index (χ2n) is 8.47. The third-order valence-electron chi connectivity index (χ3n) is 6.12. The molecular weight excluding hydrogens is 460 g/mol. The first-order valence-electron chi connectivity index (χ1n) is 11.6. The van der Waals surface area contributed by atoms with Gasteiger partial charge in [0.1, 0.15) is 17.1 Å². The van der Waals surface area contributed by atoms with Gasteiger partial charge < -0.3 is 14.6 Å². The van der Waals surface area contributed by atoms with Gasteiger partial charge in [0, 0.05) is 0 Å². The van der Waals surface area contributed by atoms with Gasteiger partial charge in [0.15, 0.2) is 0 Å². The predicted octanol–water partition coefficient (Wildman–Crippen LogP) is 5.27. The number of aromatic nitrogens is 2. The molecule has 0 unspecified atom stereocenters. The van der Waals surface area contributed by atoms with Gasteiger partial charge >= 0.3 is 11.9 Å².